The molecule has 0 unspecified atom stereocenters. The van der Waals surface area contributed by atoms with Gasteiger partial charge in [-0.05, 0) is 42.9 Å². The molecule has 0 fully saturated rings. The van der Waals surface area contributed by atoms with Crippen molar-refractivity contribution in [3.05, 3.63) is 58.2 Å². The molecule has 0 nitrogen and oxygen atoms in total. The van der Waals surface area contributed by atoms with Gasteiger partial charge in [0, 0.05) is 0 Å². The Kier molecular flexibility index (Phi) is 12.6. The van der Waals surface area contributed by atoms with Crippen LogP contribution in [0, 0.1) is 26.8 Å². The minimum atomic E-state index is 0. The second-order valence-corrected chi connectivity index (χ2v) is 5.61. The molecule has 0 saturated heterocycles. The maximum absolute atomic E-state index is 3.40. The maximum Gasteiger partial charge on any atom is 4.00 e. The van der Waals surface area contributed by atoms with E-state index in [1.165, 1.54) is 27.8 Å². The molecule has 0 atom stereocenters. The molecule has 0 spiro atoms. The van der Waals surface area contributed by atoms with Crippen LogP contribution in [0.15, 0.2) is 29.9 Å². The van der Waals surface area contributed by atoms with Gasteiger partial charge in [0.2, 0.25) is 0 Å². The average molecular weight is 380 g/mol. The first-order chi connectivity index (χ1) is 7.93. The van der Waals surface area contributed by atoms with Crippen molar-refractivity contribution in [2.24, 2.45) is 0 Å². The Hall–Kier alpha value is 0.284. The first kappa shape index (κ1) is 26.2. The van der Waals surface area contributed by atoms with Crippen LogP contribution < -0.4 is 37.2 Å². The van der Waals surface area contributed by atoms with Gasteiger partial charge in [0.25, 0.3) is 0 Å². The van der Waals surface area contributed by atoms with E-state index in [2.05, 4.69) is 65.0 Å². The fourth-order valence-corrected chi connectivity index (χ4v) is 2.68. The molecule has 0 heterocycles. The van der Waals surface area contributed by atoms with Crippen molar-refractivity contribution in [1.82, 2.24) is 0 Å². The molecule has 0 aromatic heterocycles. The molecular formula is C17H21Cl3Ti. The average Bonchev–Trinajstić information content (AvgIpc) is 2.76. The summed E-state index contributed by atoms with van der Waals surface area (Å²) in [7, 11) is 0. The van der Waals surface area contributed by atoms with Crippen LogP contribution in [-0.4, -0.2) is 0 Å². The minimum Gasteiger partial charge on any atom is -1.00 e. The number of halogens is 3. The Bertz CT molecular complexity index is 517. The quantitative estimate of drug-likeness (QED) is 0.360. The van der Waals surface area contributed by atoms with Crippen LogP contribution in [0.5, 0.6) is 0 Å². The number of benzene rings is 1. The molecule has 1 aromatic carbocycles. The summed E-state index contributed by atoms with van der Waals surface area (Å²) >= 11 is 0. The van der Waals surface area contributed by atoms with E-state index in [0.29, 0.717) is 0 Å². The Morgan fingerprint density at radius 3 is 2.05 bits per heavy atom. The smallest absolute Gasteiger partial charge is 1.00 e. The molecule has 4 heteroatoms. The van der Waals surface area contributed by atoms with Crippen LogP contribution in [0.1, 0.15) is 42.5 Å². The molecule has 0 amide bonds. The summed E-state index contributed by atoms with van der Waals surface area (Å²) in [6, 6.07) is 4.59. The van der Waals surface area contributed by atoms with Crippen molar-refractivity contribution in [2.75, 3.05) is 0 Å². The molecule has 1 aliphatic rings. The van der Waals surface area contributed by atoms with Crippen LogP contribution in [0.3, 0.4) is 0 Å². The molecule has 0 radical (unpaired) electrons. The van der Waals surface area contributed by atoms with E-state index in [9.17, 15) is 0 Å². The van der Waals surface area contributed by atoms with Crippen molar-refractivity contribution in [2.45, 2.75) is 46.5 Å². The molecule has 1 aromatic rings. The number of hydrogen-bond acceptors (Lipinski definition) is 0. The zero-order valence-corrected chi connectivity index (χ0v) is 17.0. The summed E-state index contributed by atoms with van der Waals surface area (Å²) in [5.74, 6) is 0. The fourth-order valence-electron chi connectivity index (χ4n) is 2.68. The Balaban J connectivity index is -0.000000810. The van der Waals surface area contributed by atoms with E-state index in [4.69, 9.17) is 0 Å². The van der Waals surface area contributed by atoms with Gasteiger partial charge in [-0.2, -0.15) is 5.57 Å². The van der Waals surface area contributed by atoms with Crippen molar-refractivity contribution >= 4 is 0 Å². The summed E-state index contributed by atoms with van der Waals surface area (Å²) < 4.78 is 0. The van der Waals surface area contributed by atoms with Crippen LogP contribution in [0.2, 0.25) is 0 Å². The van der Waals surface area contributed by atoms with Crippen molar-refractivity contribution in [3.63, 3.8) is 0 Å². The van der Waals surface area contributed by atoms with Crippen molar-refractivity contribution in [3.8, 4) is 0 Å². The first-order valence-electron chi connectivity index (χ1n) is 6.29. The predicted octanol–water partition coefficient (Wildman–Crippen LogP) is -4.41. The molecule has 0 bridgehead atoms. The van der Waals surface area contributed by atoms with Gasteiger partial charge in [-0.3, -0.25) is 6.08 Å². The fraction of sp³-hybridized carbons (Fsp3) is 0.412. The van der Waals surface area contributed by atoms with E-state index in [0.717, 1.165) is 6.42 Å². The molecule has 21 heavy (non-hydrogen) atoms. The molecule has 114 valence electrons. The SMILES string of the molecule is Cc1cc(C)c(C)c(C(C)(C)C2=[C-]C=CC2)c1.[Cl-].[Cl-].[Cl-].[Ti+4]. The van der Waals surface area contributed by atoms with Gasteiger partial charge < -0.3 is 37.2 Å². The third-order valence-corrected chi connectivity index (χ3v) is 3.94. The van der Waals surface area contributed by atoms with Crippen LogP contribution in [0.25, 0.3) is 0 Å². The van der Waals surface area contributed by atoms with E-state index in [1.54, 1.807) is 0 Å². The van der Waals surface area contributed by atoms with Crippen LogP contribution in [-0.2, 0) is 27.1 Å². The Morgan fingerprint density at radius 1 is 1.00 bits per heavy atom. The molecule has 1 aliphatic carbocycles. The van der Waals surface area contributed by atoms with Gasteiger partial charge in [0.15, 0.2) is 0 Å². The standard InChI is InChI=1S/C17H21.3ClH.Ti/c1-12-10-13(2)14(3)16(11-12)17(4,5)15-8-6-7-9-15;;;;/h6-7,10-11H,8H2,1-5H3;3*1H;/q-1;;;;+4/p-3. The Morgan fingerprint density at radius 2 is 1.57 bits per heavy atom. The second-order valence-electron chi connectivity index (χ2n) is 5.61. The summed E-state index contributed by atoms with van der Waals surface area (Å²) in [6.07, 6.45) is 8.68. The van der Waals surface area contributed by atoms with Crippen LogP contribution in [0.4, 0.5) is 0 Å². The van der Waals surface area contributed by atoms with Crippen molar-refractivity contribution in [1.29, 1.82) is 0 Å². The number of rotatable bonds is 2. The van der Waals surface area contributed by atoms with Gasteiger partial charge in [0.05, 0.1) is 0 Å². The summed E-state index contributed by atoms with van der Waals surface area (Å²) in [5, 5.41) is 0. The van der Waals surface area contributed by atoms with E-state index in [1.807, 2.05) is 0 Å². The van der Waals surface area contributed by atoms with Gasteiger partial charge in [-0.15, -0.1) is 0 Å². The summed E-state index contributed by atoms with van der Waals surface area (Å²) in [6.45, 7) is 11.2. The summed E-state index contributed by atoms with van der Waals surface area (Å²) in [4.78, 5) is 0. The third kappa shape index (κ3) is 5.45. The normalized spacial score (nSPS) is 12.3. The molecule has 0 N–H and O–H groups in total. The third-order valence-electron chi connectivity index (χ3n) is 3.94. The molecule has 2 rings (SSSR count). The zero-order valence-electron chi connectivity index (χ0n) is 13.2. The molecule has 0 aliphatic heterocycles. The van der Waals surface area contributed by atoms with E-state index in [-0.39, 0.29) is 64.4 Å². The zero-order chi connectivity index (χ0) is 12.6. The van der Waals surface area contributed by atoms with Crippen LogP contribution >= 0.6 is 0 Å². The van der Waals surface area contributed by atoms with Gasteiger partial charge in [-0.1, -0.05) is 38.0 Å². The van der Waals surface area contributed by atoms with Gasteiger partial charge in [0.1, 0.15) is 0 Å². The van der Waals surface area contributed by atoms with Gasteiger partial charge >= 0.3 is 21.7 Å². The topological polar surface area (TPSA) is 0 Å². The maximum atomic E-state index is 3.40. The largest absolute Gasteiger partial charge is 4.00 e. The summed E-state index contributed by atoms with van der Waals surface area (Å²) in [5.41, 5.74) is 7.08. The van der Waals surface area contributed by atoms with Crippen molar-refractivity contribution < 1.29 is 58.9 Å². The predicted molar refractivity (Wildman–Crippen MR) is 74.2 cm³/mol. The molecule has 0 saturated carbocycles. The Labute approximate surface area is 163 Å². The first-order valence-corrected chi connectivity index (χ1v) is 6.29. The second kappa shape index (κ2) is 10.1. The monoisotopic (exact) mass is 378 g/mol. The van der Waals surface area contributed by atoms with Gasteiger partial charge in [-0.25, -0.2) is 12.2 Å². The minimum absolute atomic E-state index is 0. The van der Waals surface area contributed by atoms with E-state index >= 15 is 0 Å². The van der Waals surface area contributed by atoms with E-state index < -0.39 is 0 Å². The number of allylic oxidation sites excluding steroid dienone is 4. The number of hydrogen-bond donors (Lipinski definition) is 0. The molecular weight excluding hydrogens is 358 g/mol. The number of aryl methyl sites for hydroxylation is 2.